The van der Waals surface area contributed by atoms with Crippen molar-refractivity contribution in [1.29, 1.82) is 0 Å². The van der Waals surface area contributed by atoms with Crippen LogP contribution in [0.15, 0.2) is 18.3 Å². The van der Waals surface area contributed by atoms with Crippen molar-refractivity contribution in [2.45, 2.75) is 32.7 Å². The van der Waals surface area contributed by atoms with Crippen LogP contribution in [-0.4, -0.2) is 33.8 Å². The number of halogens is 1. The Morgan fingerprint density at radius 3 is 2.62 bits per heavy atom. The predicted octanol–water partition coefficient (Wildman–Crippen LogP) is 2.70. The second-order valence-corrected chi connectivity index (χ2v) is 6.49. The third-order valence-corrected chi connectivity index (χ3v) is 4.76. The number of nitrogens with one attached hydrogen (secondary N) is 1. The van der Waals surface area contributed by atoms with Crippen molar-refractivity contribution in [1.82, 2.24) is 20.1 Å². The van der Waals surface area contributed by atoms with Gasteiger partial charge in [-0.25, -0.2) is 4.98 Å². The van der Waals surface area contributed by atoms with Crippen LogP contribution in [0.2, 0.25) is 5.15 Å². The minimum absolute atomic E-state index is 0.217. The van der Waals surface area contributed by atoms with Crippen LogP contribution in [0.5, 0.6) is 0 Å². The zero-order valence-corrected chi connectivity index (χ0v) is 14.8. The highest BCUT2D eigenvalue weighted by Gasteiger charge is 2.18. The summed E-state index contributed by atoms with van der Waals surface area (Å²) >= 11 is 6.12. The van der Waals surface area contributed by atoms with Crippen LogP contribution >= 0.6 is 11.6 Å². The zero-order chi connectivity index (χ0) is 17.1. The van der Waals surface area contributed by atoms with E-state index in [0.717, 1.165) is 24.5 Å². The van der Waals surface area contributed by atoms with Crippen LogP contribution in [0.1, 0.15) is 40.9 Å². The first-order chi connectivity index (χ1) is 11.6. The molecule has 6 nitrogen and oxygen atoms in total. The van der Waals surface area contributed by atoms with Gasteiger partial charge in [-0.05, 0) is 37.8 Å². The van der Waals surface area contributed by atoms with E-state index in [2.05, 4.69) is 20.3 Å². The van der Waals surface area contributed by atoms with E-state index in [4.69, 9.17) is 11.6 Å². The predicted molar refractivity (Wildman–Crippen MR) is 94.4 cm³/mol. The highest BCUT2D eigenvalue weighted by molar-refractivity contribution is 6.33. The van der Waals surface area contributed by atoms with E-state index in [1.54, 1.807) is 14.0 Å². The van der Waals surface area contributed by atoms with Crippen LogP contribution < -0.4 is 10.2 Å². The molecule has 0 bridgehead atoms. The number of carbonyl (C=O) groups excluding carboxylic acids is 1. The van der Waals surface area contributed by atoms with Crippen LogP contribution in [-0.2, 0) is 13.6 Å². The summed E-state index contributed by atoms with van der Waals surface area (Å²) in [6, 6.07) is 4.03. The molecule has 1 saturated heterocycles. The van der Waals surface area contributed by atoms with Crippen molar-refractivity contribution in [3.8, 4) is 0 Å². The number of hydrogen-bond donors (Lipinski definition) is 1. The summed E-state index contributed by atoms with van der Waals surface area (Å²) in [5, 5.41) is 7.39. The monoisotopic (exact) mass is 347 g/mol. The second kappa shape index (κ2) is 7.21. The van der Waals surface area contributed by atoms with Crippen molar-refractivity contribution in [2.75, 3.05) is 18.0 Å². The molecule has 0 radical (unpaired) electrons. The fraction of sp³-hybridized carbons (Fsp3) is 0.471. The summed E-state index contributed by atoms with van der Waals surface area (Å²) in [4.78, 5) is 19.1. The first-order valence-electron chi connectivity index (χ1n) is 8.23. The number of hydrogen-bond acceptors (Lipinski definition) is 4. The smallest absolute Gasteiger partial charge is 0.256 e. The minimum Gasteiger partial charge on any atom is -0.357 e. The molecule has 0 atom stereocenters. The average molecular weight is 348 g/mol. The van der Waals surface area contributed by atoms with Gasteiger partial charge in [0.15, 0.2) is 0 Å². The number of amides is 1. The number of nitrogens with zero attached hydrogens (tertiary/aromatic N) is 4. The molecule has 7 heteroatoms. The summed E-state index contributed by atoms with van der Waals surface area (Å²) in [7, 11) is 1.72. The molecule has 0 spiro atoms. The Balaban J connectivity index is 1.61. The first-order valence-corrected chi connectivity index (χ1v) is 8.61. The Morgan fingerprint density at radius 2 is 2.04 bits per heavy atom. The molecular formula is C17H22ClN5O. The summed E-state index contributed by atoms with van der Waals surface area (Å²) < 4.78 is 1.50. The Labute approximate surface area is 146 Å². The third kappa shape index (κ3) is 3.53. The van der Waals surface area contributed by atoms with Crippen molar-refractivity contribution in [3.05, 3.63) is 40.3 Å². The molecule has 0 unspecified atom stereocenters. The molecule has 1 aliphatic rings. The highest BCUT2D eigenvalue weighted by atomic mass is 35.5. The summed E-state index contributed by atoms with van der Waals surface area (Å²) in [6.07, 6.45) is 5.58. The summed E-state index contributed by atoms with van der Waals surface area (Å²) in [6.45, 7) is 4.33. The van der Waals surface area contributed by atoms with Crippen molar-refractivity contribution in [3.63, 3.8) is 0 Å². The lowest BCUT2D eigenvalue weighted by molar-refractivity contribution is 0.0950. The normalized spacial score (nSPS) is 14.7. The van der Waals surface area contributed by atoms with Crippen LogP contribution in [0.3, 0.4) is 0 Å². The molecule has 128 valence electrons. The van der Waals surface area contributed by atoms with E-state index >= 15 is 0 Å². The first kappa shape index (κ1) is 16.8. The Morgan fingerprint density at radius 1 is 1.29 bits per heavy atom. The molecule has 1 fully saturated rings. The standard InChI is InChI=1S/C17H22ClN5O/c1-12-15(16(18)22(2)21-12)17(24)20-11-13-6-7-14(19-10-13)23-8-4-3-5-9-23/h6-7,10H,3-5,8-9,11H2,1-2H3,(H,20,24). The Hall–Kier alpha value is -2.08. The van der Waals surface area contributed by atoms with Gasteiger partial charge in [-0.1, -0.05) is 17.7 Å². The molecule has 1 aliphatic heterocycles. The van der Waals surface area contributed by atoms with Gasteiger partial charge in [0.25, 0.3) is 5.91 Å². The number of carbonyl (C=O) groups is 1. The van der Waals surface area contributed by atoms with Crippen molar-refractivity contribution < 1.29 is 4.79 Å². The quantitative estimate of drug-likeness (QED) is 0.923. The van der Waals surface area contributed by atoms with E-state index in [0.29, 0.717) is 23.0 Å². The molecule has 1 N–H and O–H groups in total. The maximum absolute atomic E-state index is 12.3. The van der Waals surface area contributed by atoms with Gasteiger partial charge < -0.3 is 10.2 Å². The molecule has 2 aromatic heterocycles. The van der Waals surface area contributed by atoms with Crippen LogP contribution in [0.4, 0.5) is 5.82 Å². The Bertz CT molecular complexity index is 719. The molecule has 0 aromatic carbocycles. The fourth-order valence-corrected chi connectivity index (χ4v) is 3.25. The van der Waals surface area contributed by atoms with Gasteiger partial charge in [0, 0.05) is 32.9 Å². The van der Waals surface area contributed by atoms with E-state index in [1.807, 2.05) is 18.3 Å². The third-order valence-electron chi connectivity index (χ3n) is 4.32. The summed E-state index contributed by atoms with van der Waals surface area (Å²) in [5.41, 5.74) is 2.01. The molecule has 0 saturated carbocycles. The largest absolute Gasteiger partial charge is 0.357 e. The molecule has 3 rings (SSSR count). The van der Waals surface area contributed by atoms with E-state index in [-0.39, 0.29) is 5.91 Å². The SMILES string of the molecule is Cc1nn(C)c(Cl)c1C(=O)NCc1ccc(N2CCCCC2)nc1. The number of piperidine rings is 1. The molecule has 1 amide bonds. The van der Waals surface area contributed by atoms with Gasteiger partial charge in [0.05, 0.1) is 11.3 Å². The van der Waals surface area contributed by atoms with Crippen molar-refractivity contribution >= 4 is 23.3 Å². The van der Waals surface area contributed by atoms with Gasteiger partial charge in [-0.15, -0.1) is 0 Å². The van der Waals surface area contributed by atoms with Gasteiger partial charge in [-0.3, -0.25) is 9.48 Å². The maximum atomic E-state index is 12.3. The molecule has 0 aliphatic carbocycles. The van der Waals surface area contributed by atoms with E-state index in [9.17, 15) is 4.79 Å². The fourth-order valence-electron chi connectivity index (χ4n) is 2.99. The van der Waals surface area contributed by atoms with Crippen LogP contribution in [0, 0.1) is 6.92 Å². The van der Waals surface area contributed by atoms with Crippen molar-refractivity contribution in [2.24, 2.45) is 7.05 Å². The van der Waals surface area contributed by atoms with E-state index in [1.165, 1.54) is 23.9 Å². The number of rotatable bonds is 4. The van der Waals surface area contributed by atoms with Gasteiger partial charge in [0.2, 0.25) is 0 Å². The second-order valence-electron chi connectivity index (χ2n) is 6.13. The van der Waals surface area contributed by atoms with E-state index < -0.39 is 0 Å². The number of aromatic nitrogens is 3. The number of pyridine rings is 1. The van der Waals surface area contributed by atoms with Crippen LogP contribution in [0.25, 0.3) is 0 Å². The minimum atomic E-state index is -0.217. The summed E-state index contributed by atoms with van der Waals surface area (Å²) in [5.74, 6) is 0.793. The van der Waals surface area contributed by atoms with Gasteiger partial charge in [0.1, 0.15) is 11.0 Å². The molecule has 2 aromatic rings. The molecule has 24 heavy (non-hydrogen) atoms. The zero-order valence-electron chi connectivity index (χ0n) is 14.0. The number of anilines is 1. The lowest BCUT2D eigenvalue weighted by Gasteiger charge is -2.27. The van der Waals surface area contributed by atoms with Gasteiger partial charge in [-0.2, -0.15) is 5.10 Å². The van der Waals surface area contributed by atoms with Gasteiger partial charge >= 0.3 is 0 Å². The highest BCUT2D eigenvalue weighted by Crippen LogP contribution is 2.19. The molecular weight excluding hydrogens is 326 g/mol. The Kier molecular flexibility index (Phi) is 5.04. The topological polar surface area (TPSA) is 63.1 Å². The lowest BCUT2D eigenvalue weighted by Crippen LogP contribution is -2.30. The lowest BCUT2D eigenvalue weighted by atomic mass is 10.1. The number of aryl methyl sites for hydroxylation is 2. The molecule has 3 heterocycles. The maximum Gasteiger partial charge on any atom is 0.256 e. The average Bonchev–Trinajstić information content (AvgIpc) is 2.86.